The van der Waals surface area contributed by atoms with Gasteiger partial charge in [-0.05, 0) is 24.3 Å². The maximum Gasteiger partial charge on any atom is 0.267 e. The van der Waals surface area contributed by atoms with E-state index in [2.05, 4.69) is 15.4 Å². The first kappa shape index (κ1) is 18.7. The molecule has 2 aromatic carbocycles. The zero-order chi connectivity index (χ0) is 20.4. The molecule has 2 heterocycles. The van der Waals surface area contributed by atoms with Crippen molar-refractivity contribution in [3.8, 4) is 0 Å². The van der Waals surface area contributed by atoms with Gasteiger partial charge in [0.25, 0.3) is 17.2 Å². The first-order chi connectivity index (χ1) is 14.0. The summed E-state index contributed by atoms with van der Waals surface area (Å²) in [6, 6.07) is 15.8. The summed E-state index contributed by atoms with van der Waals surface area (Å²) in [7, 11) is 0. The topological polar surface area (TPSA) is 99.8 Å². The minimum Gasteiger partial charge on any atom is -0.322 e. The molecule has 0 aliphatic rings. The maximum atomic E-state index is 14.2. The van der Waals surface area contributed by atoms with Crippen molar-refractivity contribution in [3.05, 3.63) is 84.4 Å². The second-order valence-corrected chi connectivity index (χ2v) is 6.74. The molecular formula is C19H14FN5O3S. The van der Waals surface area contributed by atoms with Crippen molar-refractivity contribution in [1.82, 2.24) is 14.6 Å². The molecule has 1 amide bonds. The molecule has 4 rings (SSSR count). The number of aromatic nitrogens is 3. The molecule has 146 valence electrons. The fourth-order valence-electron chi connectivity index (χ4n) is 2.76. The first-order valence-corrected chi connectivity index (χ1v) is 9.47. The second kappa shape index (κ2) is 7.78. The number of carbonyl (C=O) groups excluding carboxylic acids is 1. The van der Waals surface area contributed by atoms with Gasteiger partial charge in [0.1, 0.15) is 11.4 Å². The summed E-state index contributed by atoms with van der Waals surface area (Å²) in [6.45, 7) is 0. The van der Waals surface area contributed by atoms with E-state index in [1.807, 2.05) is 6.07 Å². The lowest BCUT2D eigenvalue weighted by Crippen LogP contribution is -2.22. The lowest BCUT2D eigenvalue weighted by molar-refractivity contribution is 0.102. The van der Waals surface area contributed by atoms with E-state index < -0.39 is 23.0 Å². The SMILES string of the molecule is O=C(Nc1ccccc1)c1cnn2ccc(N(c3ccccc3F)S(=O)O)nc12. The highest BCUT2D eigenvalue weighted by atomic mass is 32.2. The van der Waals surface area contributed by atoms with Gasteiger partial charge in [0.2, 0.25) is 0 Å². The number of rotatable bonds is 5. The van der Waals surface area contributed by atoms with Crippen LogP contribution in [0.1, 0.15) is 10.4 Å². The summed E-state index contributed by atoms with van der Waals surface area (Å²) >= 11 is -2.59. The predicted molar refractivity (Wildman–Crippen MR) is 107 cm³/mol. The molecule has 0 aliphatic heterocycles. The third-order valence-corrected chi connectivity index (χ3v) is 4.76. The Morgan fingerprint density at radius 3 is 2.55 bits per heavy atom. The highest BCUT2D eigenvalue weighted by molar-refractivity contribution is 7.81. The number of nitrogens with one attached hydrogen (secondary N) is 1. The van der Waals surface area contributed by atoms with Gasteiger partial charge < -0.3 is 5.32 Å². The van der Waals surface area contributed by atoms with Gasteiger partial charge in [-0.3, -0.25) is 9.35 Å². The van der Waals surface area contributed by atoms with Crippen LogP contribution in [0.15, 0.2) is 73.1 Å². The van der Waals surface area contributed by atoms with E-state index in [9.17, 15) is 17.9 Å². The maximum absolute atomic E-state index is 14.2. The Balaban J connectivity index is 1.75. The van der Waals surface area contributed by atoms with Crippen LogP contribution >= 0.6 is 0 Å². The van der Waals surface area contributed by atoms with Gasteiger partial charge in [0, 0.05) is 18.0 Å². The molecule has 0 fully saturated rings. The van der Waals surface area contributed by atoms with Crippen molar-refractivity contribution in [1.29, 1.82) is 0 Å². The number of anilines is 3. The number of carbonyl (C=O) groups is 1. The molecule has 4 aromatic rings. The minimum absolute atomic E-state index is 0.0160. The van der Waals surface area contributed by atoms with Gasteiger partial charge in [-0.25, -0.2) is 22.4 Å². The number of nitrogens with zero attached hydrogens (tertiary/aromatic N) is 4. The Morgan fingerprint density at radius 1 is 1.10 bits per heavy atom. The first-order valence-electron chi connectivity index (χ1n) is 8.41. The Morgan fingerprint density at radius 2 is 1.83 bits per heavy atom. The van der Waals surface area contributed by atoms with Gasteiger partial charge >= 0.3 is 0 Å². The molecule has 10 heteroatoms. The molecule has 0 saturated carbocycles. The normalized spacial score (nSPS) is 11.9. The van der Waals surface area contributed by atoms with Crippen LogP contribution in [0.4, 0.5) is 21.6 Å². The van der Waals surface area contributed by atoms with Crippen LogP contribution in [0.3, 0.4) is 0 Å². The van der Waals surface area contributed by atoms with Crippen LogP contribution in [0.25, 0.3) is 5.65 Å². The van der Waals surface area contributed by atoms with Gasteiger partial charge in [0.05, 0.1) is 11.9 Å². The summed E-state index contributed by atoms with van der Waals surface area (Å²) in [5, 5.41) is 6.81. The molecule has 1 unspecified atom stereocenters. The molecule has 0 bridgehead atoms. The number of benzene rings is 2. The van der Waals surface area contributed by atoms with Gasteiger partial charge in [0.15, 0.2) is 11.5 Å². The average molecular weight is 411 g/mol. The predicted octanol–water partition coefficient (Wildman–Crippen LogP) is 3.40. The molecule has 1 atom stereocenters. The van der Waals surface area contributed by atoms with Crippen LogP contribution in [0, 0.1) is 5.82 Å². The summed E-state index contributed by atoms with van der Waals surface area (Å²) < 4.78 is 38.0. The lowest BCUT2D eigenvalue weighted by Gasteiger charge is -2.19. The van der Waals surface area contributed by atoms with Crippen molar-refractivity contribution in [2.75, 3.05) is 9.62 Å². The molecule has 0 radical (unpaired) electrons. The number of para-hydroxylation sites is 2. The van der Waals surface area contributed by atoms with Crippen LogP contribution in [0.2, 0.25) is 0 Å². The van der Waals surface area contributed by atoms with Crippen molar-refractivity contribution in [2.24, 2.45) is 0 Å². The molecule has 0 aliphatic carbocycles. The Labute approximate surface area is 167 Å². The molecular weight excluding hydrogens is 397 g/mol. The average Bonchev–Trinajstić information content (AvgIpc) is 3.14. The second-order valence-electron chi connectivity index (χ2n) is 5.91. The van der Waals surface area contributed by atoms with Crippen LogP contribution < -0.4 is 9.62 Å². The minimum atomic E-state index is -2.59. The summed E-state index contributed by atoms with van der Waals surface area (Å²) in [5.41, 5.74) is 0.785. The van der Waals surface area contributed by atoms with Crippen LogP contribution in [-0.2, 0) is 11.3 Å². The molecule has 0 spiro atoms. The monoisotopic (exact) mass is 411 g/mol. The number of halogens is 1. The zero-order valence-electron chi connectivity index (χ0n) is 14.8. The summed E-state index contributed by atoms with van der Waals surface area (Å²) in [4.78, 5) is 16.9. The summed E-state index contributed by atoms with van der Waals surface area (Å²) in [6.07, 6.45) is 2.81. The lowest BCUT2D eigenvalue weighted by atomic mass is 10.2. The van der Waals surface area contributed by atoms with E-state index >= 15 is 0 Å². The summed E-state index contributed by atoms with van der Waals surface area (Å²) in [5.74, 6) is -1.15. The third kappa shape index (κ3) is 3.71. The van der Waals surface area contributed by atoms with E-state index in [-0.39, 0.29) is 22.7 Å². The smallest absolute Gasteiger partial charge is 0.267 e. The third-order valence-electron chi connectivity index (χ3n) is 4.07. The zero-order valence-corrected chi connectivity index (χ0v) is 15.6. The van der Waals surface area contributed by atoms with E-state index in [0.717, 1.165) is 4.31 Å². The highest BCUT2D eigenvalue weighted by Crippen LogP contribution is 2.28. The van der Waals surface area contributed by atoms with E-state index in [4.69, 9.17) is 0 Å². The standard InChI is InChI=1S/C19H14FN5O3S/c20-15-8-4-5-9-16(15)25(29(27)28)17-10-11-24-18(23-17)14(12-21-24)19(26)22-13-6-2-1-3-7-13/h1-12H,(H,22,26)(H,27,28). The highest BCUT2D eigenvalue weighted by Gasteiger charge is 2.22. The largest absolute Gasteiger partial charge is 0.322 e. The molecule has 0 saturated heterocycles. The van der Waals surface area contributed by atoms with E-state index in [1.165, 1.54) is 47.2 Å². The number of hydrogen-bond acceptors (Lipinski definition) is 4. The van der Waals surface area contributed by atoms with Crippen molar-refractivity contribution < 1.29 is 17.9 Å². The van der Waals surface area contributed by atoms with Crippen LogP contribution in [0.5, 0.6) is 0 Å². The quantitative estimate of drug-likeness (QED) is 0.491. The number of amides is 1. The Bertz CT molecular complexity index is 1210. The van der Waals surface area contributed by atoms with E-state index in [1.54, 1.807) is 24.3 Å². The molecule has 8 nitrogen and oxygen atoms in total. The van der Waals surface area contributed by atoms with Crippen molar-refractivity contribution in [2.45, 2.75) is 0 Å². The molecule has 2 aromatic heterocycles. The Hall–Kier alpha value is -3.63. The molecule has 2 N–H and O–H groups in total. The molecule has 29 heavy (non-hydrogen) atoms. The fourth-order valence-corrected chi connectivity index (χ4v) is 3.33. The fraction of sp³-hybridized carbons (Fsp3) is 0. The van der Waals surface area contributed by atoms with Crippen molar-refractivity contribution in [3.63, 3.8) is 0 Å². The van der Waals surface area contributed by atoms with Crippen molar-refractivity contribution >= 4 is 40.0 Å². The van der Waals surface area contributed by atoms with Gasteiger partial charge in [-0.15, -0.1) is 0 Å². The van der Waals surface area contributed by atoms with Gasteiger partial charge in [-0.1, -0.05) is 30.3 Å². The number of fused-ring (bicyclic) bond motifs is 1. The number of hydrogen-bond donors (Lipinski definition) is 2. The van der Waals surface area contributed by atoms with E-state index in [0.29, 0.717) is 5.69 Å². The Kier molecular flexibility index (Phi) is 5.02. The van der Waals surface area contributed by atoms with Crippen LogP contribution in [-0.4, -0.2) is 29.3 Å². The van der Waals surface area contributed by atoms with Gasteiger partial charge in [-0.2, -0.15) is 5.10 Å².